The van der Waals surface area contributed by atoms with Gasteiger partial charge in [-0.05, 0) is 24.9 Å². The molecule has 0 saturated carbocycles. The van der Waals surface area contributed by atoms with Gasteiger partial charge in [0.2, 0.25) is 5.91 Å². The molecular weight excluding hydrogens is 244 g/mol. The Balaban J connectivity index is 4.64. The molecule has 0 saturated heterocycles. The third kappa shape index (κ3) is 6.57. The fraction of sp³-hybridized carbons (Fsp3) is 0.857. The zero-order valence-electron chi connectivity index (χ0n) is 13.2. The lowest BCUT2D eigenvalue weighted by molar-refractivity contribution is -0.151. The SMILES string of the molecule is CN(C)CC(C)(C)CNC(=O)C(C(=O)O)C(C)(C)C. The van der Waals surface area contributed by atoms with Crippen LogP contribution in [0.1, 0.15) is 34.6 Å². The lowest BCUT2D eigenvalue weighted by atomic mass is 9.80. The molecule has 0 heterocycles. The minimum atomic E-state index is -1.07. The quantitative estimate of drug-likeness (QED) is 0.718. The molecule has 0 aliphatic carbocycles. The van der Waals surface area contributed by atoms with Gasteiger partial charge in [0.15, 0.2) is 0 Å². The van der Waals surface area contributed by atoms with Gasteiger partial charge in [0, 0.05) is 13.1 Å². The van der Waals surface area contributed by atoms with Gasteiger partial charge in [-0.25, -0.2) is 0 Å². The van der Waals surface area contributed by atoms with Crippen LogP contribution in [-0.2, 0) is 9.59 Å². The van der Waals surface area contributed by atoms with E-state index >= 15 is 0 Å². The number of nitrogens with one attached hydrogen (secondary N) is 1. The van der Waals surface area contributed by atoms with Crippen molar-refractivity contribution >= 4 is 11.9 Å². The zero-order valence-corrected chi connectivity index (χ0v) is 13.2. The number of hydrogen-bond donors (Lipinski definition) is 2. The molecule has 0 aromatic carbocycles. The van der Waals surface area contributed by atoms with Crippen molar-refractivity contribution in [2.45, 2.75) is 34.6 Å². The molecular formula is C14H28N2O3. The minimum Gasteiger partial charge on any atom is -0.481 e. The van der Waals surface area contributed by atoms with Gasteiger partial charge < -0.3 is 15.3 Å². The number of amides is 1. The van der Waals surface area contributed by atoms with Crippen LogP contribution in [0.4, 0.5) is 0 Å². The Kier molecular flexibility index (Phi) is 6.00. The van der Waals surface area contributed by atoms with Gasteiger partial charge in [-0.15, -0.1) is 0 Å². The van der Waals surface area contributed by atoms with E-state index in [1.807, 2.05) is 32.8 Å². The van der Waals surface area contributed by atoms with Crippen LogP contribution in [0, 0.1) is 16.7 Å². The first-order valence-corrected chi connectivity index (χ1v) is 6.52. The maximum atomic E-state index is 12.1. The lowest BCUT2D eigenvalue weighted by Gasteiger charge is -2.31. The first-order chi connectivity index (χ1) is 8.37. The van der Waals surface area contributed by atoms with Crippen molar-refractivity contribution in [3.05, 3.63) is 0 Å². The predicted octanol–water partition coefficient (Wildman–Crippen LogP) is 1.44. The molecule has 2 N–H and O–H groups in total. The summed E-state index contributed by atoms with van der Waals surface area (Å²) in [6.45, 7) is 10.6. The summed E-state index contributed by atoms with van der Waals surface area (Å²) in [5, 5.41) is 12.0. The molecule has 5 heteroatoms. The monoisotopic (exact) mass is 272 g/mol. The average Bonchev–Trinajstić information content (AvgIpc) is 2.09. The van der Waals surface area contributed by atoms with E-state index in [1.165, 1.54) is 0 Å². The van der Waals surface area contributed by atoms with E-state index < -0.39 is 23.2 Å². The number of carbonyl (C=O) groups excluding carboxylic acids is 1. The van der Waals surface area contributed by atoms with Gasteiger partial charge in [-0.1, -0.05) is 34.6 Å². The maximum absolute atomic E-state index is 12.1. The summed E-state index contributed by atoms with van der Waals surface area (Å²) in [5.74, 6) is -2.51. The number of nitrogens with zero attached hydrogens (tertiary/aromatic N) is 1. The van der Waals surface area contributed by atoms with Crippen molar-refractivity contribution in [1.82, 2.24) is 10.2 Å². The van der Waals surface area contributed by atoms with Crippen LogP contribution in [-0.4, -0.2) is 49.1 Å². The van der Waals surface area contributed by atoms with Crippen molar-refractivity contribution in [1.29, 1.82) is 0 Å². The highest BCUT2D eigenvalue weighted by Gasteiger charge is 2.38. The van der Waals surface area contributed by atoms with Gasteiger partial charge in [0.25, 0.3) is 0 Å². The fourth-order valence-corrected chi connectivity index (χ4v) is 2.22. The molecule has 0 rings (SSSR count). The zero-order chi connectivity index (χ0) is 15.4. The molecule has 0 spiro atoms. The van der Waals surface area contributed by atoms with Crippen molar-refractivity contribution in [2.75, 3.05) is 27.2 Å². The van der Waals surface area contributed by atoms with E-state index in [9.17, 15) is 14.7 Å². The summed E-state index contributed by atoms with van der Waals surface area (Å²) >= 11 is 0. The van der Waals surface area contributed by atoms with E-state index in [1.54, 1.807) is 20.8 Å². The number of hydrogen-bond acceptors (Lipinski definition) is 3. The van der Waals surface area contributed by atoms with Crippen LogP contribution in [0.25, 0.3) is 0 Å². The highest BCUT2D eigenvalue weighted by Crippen LogP contribution is 2.26. The number of carbonyl (C=O) groups is 2. The number of rotatable bonds is 6. The molecule has 0 aliphatic heterocycles. The summed E-state index contributed by atoms with van der Waals surface area (Å²) in [7, 11) is 3.94. The van der Waals surface area contributed by atoms with Crippen molar-refractivity contribution in [3.8, 4) is 0 Å². The molecule has 1 unspecified atom stereocenters. The summed E-state index contributed by atoms with van der Waals surface area (Å²) in [4.78, 5) is 25.3. The second-order valence-corrected chi connectivity index (χ2v) is 7.26. The molecule has 0 bridgehead atoms. The van der Waals surface area contributed by atoms with Gasteiger partial charge in [-0.3, -0.25) is 9.59 Å². The molecule has 112 valence electrons. The summed E-state index contributed by atoms with van der Waals surface area (Å²) < 4.78 is 0. The van der Waals surface area contributed by atoms with Crippen molar-refractivity contribution < 1.29 is 14.7 Å². The van der Waals surface area contributed by atoms with Gasteiger partial charge >= 0.3 is 5.97 Å². The topological polar surface area (TPSA) is 69.6 Å². The Morgan fingerprint density at radius 1 is 1.16 bits per heavy atom. The van der Waals surface area contributed by atoms with Gasteiger partial charge in [0.05, 0.1) is 0 Å². The Bertz CT molecular complexity index is 330. The Morgan fingerprint density at radius 3 is 1.95 bits per heavy atom. The molecule has 5 nitrogen and oxygen atoms in total. The summed E-state index contributed by atoms with van der Waals surface area (Å²) in [6.07, 6.45) is 0. The third-order valence-electron chi connectivity index (χ3n) is 2.86. The molecule has 1 amide bonds. The summed E-state index contributed by atoms with van der Waals surface area (Å²) in [6, 6.07) is 0. The smallest absolute Gasteiger partial charge is 0.316 e. The van der Waals surface area contributed by atoms with E-state index in [0.29, 0.717) is 6.54 Å². The van der Waals surface area contributed by atoms with Crippen LogP contribution in [0.5, 0.6) is 0 Å². The van der Waals surface area contributed by atoms with Crippen LogP contribution in [0.3, 0.4) is 0 Å². The first-order valence-electron chi connectivity index (χ1n) is 6.52. The number of carboxylic acids is 1. The second kappa shape index (κ2) is 6.37. The largest absolute Gasteiger partial charge is 0.481 e. The van der Waals surface area contributed by atoms with Crippen LogP contribution in [0.2, 0.25) is 0 Å². The predicted molar refractivity (Wildman–Crippen MR) is 75.9 cm³/mol. The van der Waals surface area contributed by atoms with E-state index in [4.69, 9.17) is 0 Å². The Labute approximate surface area is 116 Å². The number of aliphatic carboxylic acids is 1. The minimum absolute atomic E-state index is 0.0971. The van der Waals surface area contributed by atoms with Crippen LogP contribution >= 0.6 is 0 Å². The van der Waals surface area contributed by atoms with E-state index in [0.717, 1.165) is 6.54 Å². The first kappa shape index (κ1) is 17.9. The molecule has 19 heavy (non-hydrogen) atoms. The molecule has 0 radical (unpaired) electrons. The molecule has 0 fully saturated rings. The number of carboxylic acid groups (broad SMARTS) is 1. The van der Waals surface area contributed by atoms with E-state index in [2.05, 4.69) is 5.32 Å². The third-order valence-corrected chi connectivity index (χ3v) is 2.86. The second-order valence-electron chi connectivity index (χ2n) is 7.26. The molecule has 0 aromatic rings. The van der Waals surface area contributed by atoms with Crippen LogP contribution < -0.4 is 5.32 Å². The summed E-state index contributed by atoms with van der Waals surface area (Å²) in [5.41, 5.74) is -0.693. The van der Waals surface area contributed by atoms with Crippen molar-refractivity contribution in [2.24, 2.45) is 16.7 Å². The van der Waals surface area contributed by atoms with E-state index in [-0.39, 0.29) is 5.41 Å². The normalized spacial score (nSPS) is 14.3. The highest BCUT2D eigenvalue weighted by atomic mass is 16.4. The van der Waals surface area contributed by atoms with Crippen molar-refractivity contribution in [3.63, 3.8) is 0 Å². The Hall–Kier alpha value is -1.10. The highest BCUT2D eigenvalue weighted by molar-refractivity contribution is 5.97. The lowest BCUT2D eigenvalue weighted by Crippen LogP contribution is -2.47. The van der Waals surface area contributed by atoms with Gasteiger partial charge in [-0.2, -0.15) is 0 Å². The molecule has 1 atom stereocenters. The molecule has 0 aromatic heterocycles. The Morgan fingerprint density at radius 2 is 1.63 bits per heavy atom. The fourth-order valence-electron chi connectivity index (χ4n) is 2.22. The maximum Gasteiger partial charge on any atom is 0.316 e. The average molecular weight is 272 g/mol. The van der Waals surface area contributed by atoms with Gasteiger partial charge in [0.1, 0.15) is 5.92 Å². The molecule has 0 aliphatic rings. The van der Waals surface area contributed by atoms with Crippen LogP contribution in [0.15, 0.2) is 0 Å². The standard InChI is InChI=1S/C14H28N2O3/c1-13(2,3)10(12(18)19)11(17)15-8-14(4,5)9-16(6)7/h10H,8-9H2,1-7H3,(H,15,17)(H,18,19).